The molecule has 3 aromatic rings. The molecule has 1 N–H and O–H groups in total. The molecule has 146 valence electrons. The maximum absolute atomic E-state index is 12.5. The monoisotopic (exact) mass is 481 g/mol. The van der Waals surface area contributed by atoms with Crippen molar-refractivity contribution >= 4 is 72.3 Å². The fourth-order valence-corrected chi connectivity index (χ4v) is 4.84. The van der Waals surface area contributed by atoms with E-state index in [0.29, 0.717) is 15.4 Å². The number of ether oxygens (including phenoxy) is 1. The van der Waals surface area contributed by atoms with Gasteiger partial charge in [-0.1, -0.05) is 11.3 Å². The van der Waals surface area contributed by atoms with Crippen LogP contribution < -0.4 is 10.1 Å². The van der Waals surface area contributed by atoms with E-state index >= 15 is 0 Å². The van der Waals surface area contributed by atoms with Gasteiger partial charge in [-0.15, -0.1) is 11.3 Å². The number of hydrogen-bond donors (Lipinski definition) is 1. The molecule has 2 aromatic heterocycles. The smallest absolute Gasteiger partial charge is 0.326 e. The molecule has 0 saturated heterocycles. The Labute approximate surface area is 176 Å². The Morgan fingerprint density at radius 3 is 2.64 bits per heavy atom. The van der Waals surface area contributed by atoms with Crippen LogP contribution in [0.2, 0.25) is 0 Å². The summed E-state index contributed by atoms with van der Waals surface area (Å²) in [5.74, 6) is -0.985. The number of hydrogen-bond acceptors (Lipinski definition) is 6. The molecule has 28 heavy (non-hydrogen) atoms. The highest BCUT2D eigenvalue weighted by atomic mass is 79.9. The minimum Gasteiger partial charge on any atom is -0.465 e. The minimum absolute atomic E-state index is 0.0619. The number of thiazole rings is 1. The number of halogens is 1. The zero-order valence-electron chi connectivity index (χ0n) is 15.0. The van der Waals surface area contributed by atoms with Crippen LogP contribution in [0.3, 0.4) is 0 Å². The van der Waals surface area contributed by atoms with Crippen molar-refractivity contribution in [2.24, 2.45) is 4.99 Å². The maximum Gasteiger partial charge on any atom is 0.326 e. The lowest BCUT2D eigenvalue weighted by molar-refractivity contribution is -0.143. The lowest BCUT2D eigenvalue weighted by Gasteiger charge is -2.06. The van der Waals surface area contributed by atoms with Gasteiger partial charge in [-0.05, 0) is 53.2 Å². The van der Waals surface area contributed by atoms with Gasteiger partial charge in [0.15, 0.2) is 4.80 Å². The SMILES string of the molecule is CCOC(=O)Cn1c(=NC(=O)c2ccc(Br)s2)sc2cc(NC(C)=O)ccc21. The first kappa shape index (κ1) is 20.4. The molecule has 0 bridgehead atoms. The van der Waals surface area contributed by atoms with E-state index in [2.05, 4.69) is 26.2 Å². The van der Waals surface area contributed by atoms with Crippen LogP contribution in [0.4, 0.5) is 5.69 Å². The summed E-state index contributed by atoms with van der Waals surface area (Å²) >= 11 is 5.89. The number of rotatable bonds is 5. The van der Waals surface area contributed by atoms with E-state index in [4.69, 9.17) is 4.74 Å². The Bertz CT molecular complexity index is 1130. The zero-order valence-corrected chi connectivity index (χ0v) is 18.2. The molecule has 7 nitrogen and oxygen atoms in total. The highest BCUT2D eigenvalue weighted by molar-refractivity contribution is 9.11. The summed E-state index contributed by atoms with van der Waals surface area (Å²) in [6, 6.07) is 8.78. The number of esters is 1. The van der Waals surface area contributed by atoms with Crippen LogP contribution in [0.1, 0.15) is 23.5 Å². The fraction of sp³-hybridized carbons (Fsp3) is 0.222. The number of anilines is 1. The second-order valence-electron chi connectivity index (χ2n) is 5.66. The second-order valence-corrected chi connectivity index (χ2v) is 9.13. The maximum atomic E-state index is 12.5. The second kappa shape index (κ2) is 8.80. The topological polar surface area (TPSA) is 89.8 Å². The first-order chi connectivity index (χ1) is 13.4. The average Bonchev–Trinajstić information content (AvgIpc) is 3.19. The quantitative estimate of drug-likeness (QED) is 0.561. The van der Waals surface area contributed by atoms with Crippen LogP contribution in [0.15, 0.2) is 39.1 Å². The van der Waals surface area contributed by atoms with Gasteiger partial charge in [0.05, 0.1) is 25.5 Å². The number of amides is 2. The Hall–Kier alpha value is -2.30. The van der Waals surface area contributed by atoms with Gasteiger partial charge in [0.25, 0.3) is 5.91 Å². The molecule has 0 aliphatic carbocycles. The van der Waals surface area contributed by atoms with E-state index in [9.17, 15) is 14.4 Å². The number of carbonyl (C=O) groups excluding carboxylic acids is 3. The van der Waals surface area contributed by atoms with Gasteiger partial charge < -0.3 is 14.6 Å². The number of nitrogens with zero attached hydrogens (tertiary/aromatic N) is 2. The number of thiophene rings is 1. The van der Waals surface area contributed by atoms with Gasteiger partial charge in [0.1, 0.15) is 6.54 Å². The van der Waals surface area contributed by atoms with E-state index in [1.807, 2.05) is 0 Å². The third-order valence-corrected chi connectivity index (χ3v) is 6.23. The van der Waals surface area contributed by atoms with Crippen molar-refractivity contribution in [1.29, 1.82) is 0 Å². The molecule has 0 atom stereocenters. The third-order valence-electron chi connectivity index (χ3n) is 3.58. The lowest BCUT2D eigenvalue weighted by Crippen LogP contribution is -2.23. The standard InChI is InChI=1S/C18H16BrN3O4S2/c1-3-26-16(24)9-22-12-5-4-11(20-10(2)23)8-14(12)28-18(22)21-17(25)13-6-7-15(19)27-13/h4-8H,3,9H2,1-2H3,(H,20,23). The summed E-state index contributed by atoms with van der Waals surface area (Å²) in [4.78, 5) is 41.0. The highest BCUT2D eigenvalue weighted by Gasteiger charge is 2.14. The highest BCUT2D eigenvalue weighted by Crippen LogP contribution is 2.24. The minimum atomic E-state index is -0.416. The van der Waals surface area contributed by atoms with Gasteiger partial charge in [-0.2, -0.15) is 4.99 Å². The summed E-state index contributed by atoms with van der Waals surface area (Å²) in [6.45, 7) is 3.37. The van der Waals surface area contributed by atoms with Crippen LogP contribution >= 0.6 is 38.6 Å². The molecule has 0 saturated carbocycles. The van der Waals surface area contributed by atoms with Crippen molar-refractivity contribution in [3.63, 3.8) is 0 Å². The molecular weight excluding hydrogens is 466 g/mol. The van der Waals surface area contributed by atoms with Crippen molar-refractivity contribution in [3.05, 3.63) is 43.8 Å². The number of fused-ring (bicyclic) bond motifs is 1. The summed E-state index contributed by atoms with van der Waals surface area (Å²) in [7, 11) is 0. The Balaban J connectivity index is 2.09. The molecule has 0 fully saturated rings. The van der Waals surface area contributed by atoms with Crippen molar-refractivity contribution in [1.82, 2.24) is 4.57 Å². The van der Waals surface area contributed by atoms with Crippen LogP contribution in [-0.2, 0) is 20.9 Å². The lowest BCUT2D eigenvalue weighted by atomic mass is 10.3. The number of nitrogens with one attached hydrogen (secondary N) is 1. The molecule has 0 aliphatic rings. The molecule has 0 unspecified atom stereocenters. The Morgan fingerprint density at radius 2 is 2.00 bits per heavy atom. The van der Waals surface area contributed by atoms with E-state index in [1.54, 1.807) is 41.8 Å². The molecule has 1 aromatic carbocycles. The molecule has 0 aliphatic heterocycles. The summed E-state index contributed by atoms with van der Waals surface area (Å²) in [5, 5.41) is 2.72. The van der Waals surface area contributed by atoms with Gasteiger partial charge in [0.2, 0.25) is 5.91 Å². The van der Waals surface area contributed by atoms with Crippen LogP contribution in [0.5, 0.6) is 0 Å². The summed E-state index contributed by atoms with van der Waals surface area (Å²) in [5.41, 5.74) is 1.36. The number of carbonyl (C=O) groups is 3. The summed E-state index contributed by atoms with van der Waals surface area (Å²) < 4.78 is 8.32. The zero-order chi connectivity index (χ0) is 20.3. The van der Waals surface area contributed by atoms with Gasteiger partial charge >= 0.3 is 5.97 Å². The Morgan fingerprint density at radius 1 is 1.21 bits per heavy atom. The Kier molecular flexibility index (Phi) is 6.42. The van der Waals surface area contributed by atoms with Gasteiger partial charge in [-0.25, -0.2) is 0 Å². The fourth-order valence-electron chi connectivity index (χ4n) is 2.50. The van der Waals surface area contributed by atoms with E-state index < -0.39 is 5.97 Å². The summed E-state index contributed by atoms with van der Waals surface area (Å²) in [6.07, 6.45) is 0. The van der Waals surface area contributed by atoms with Crippen LogP contribution in [0, 0.1) is 0 Å². The van der Waals surface area contributed by atoms with Crippen molar-refractivity contribution in [2.45, 2.75) is 20.4 Å². The molecule has 0 radical (unpaired) electrons. The molecule has 0 spiro atoms. The van der Waals surface area contributed by atoms with Crippen molar-refractivity contribution in [2.75, 3.05) is 11.9 Å². The van der Waals surface area contributed by atoms with E-state index in [0.717, 1.165) is 14.0 Å². The molecule has 2 amide bonds. The number of benzene rings is 1. The van der Waals surface area contributed by atoms with Crippen LogP contribution in [0.25, 0.3) is 10.2 Å². The predicted octanol–water partition coefficient (Wildman–Crippen LogP) is 3.79. The number of aromatic nitrogens is 1. The van der Waals surface area contributed by atoms with Gasteiger partial charge in [0, 0.05) is 12.6 Å². The van der Waals surface area contributed by atoms with Crippen molar-refractivity contribution in [3.8, 4) is 0 Å². The average molecular weight is 482 g/mol. The van der Waals surface area contributed by atoms with E-state index in [1.165, 1.54) is 29.6 Å². The normalized spacial score (nSPS) is 11.6. The van der Waals surface area contributed by atoms with Crippen molar-refractivity contribution < 1.29 is 19.1 Å². The molecular formula is C18H16BrN3O4S2. The molecule has 10 heteroatoms. The molecule has 2 heterocycles. The van der Waals surface area contributed by atoms with Gasteiger partial charge in [-0.3, -0.25) is 14.4 Å². The van der Waals surface area contributed by atoms with Crippen LogP contribution in [-0.4, -0.2) is 29.0 Å². The first-order valence-electron chi connectivity index (χ1n) is 8.28. The predicted molar refractivity (Wildman–Crippen MR) is 113 cm³/mol. The third kappa shape index (κ3) is 4.75. The first-order valence-corrected chi connectivity index (χ1v) is 10.7. The van der Waals surface area contributed by atoms with E-state index in [-0.39, 0.29) is 25.0 Å². The molecule has 3 rings (SSSR count). The largest absolute Gasteiger partial charge is 0.465 e.